The van der Waals surface area contributed by atoms with Crippen molar-refractivity contribution in [3.63, 3.8) is 0 Å². The lowest BCUT2D eigenvalue weighted by atomic mass is 10.1. The standard InChI is InChI=1S/C19H23N5O4/c1-13(26)14-2-4-15(5-3-14)23-6-8-24(9-7-23)19(28)17(11-25)22-18(27)16-10-20-12-21-16/h2-5,10,12,17,25H,6-9,11H2,1H3,(H,20,21)(H,22,27)/t17-/m0/s1. The van der Waals surface area contributed by atoms with Gasteiger partial charge in [0.05, 0.1) is 19.1 Å². The second-order valence-electron chi connectivity index (χ2n) is 6.59. The van der Waals surface area contributed by atoms with Crippen molar-refractivity contribution in [2.24, 2.45) is 0 Å². The Bertz CT molecular complexity index is 827. The van der Waals surface area contributed by atoms with E-state index < -0.39 is 18.6 Å². The Morgan fingerprint density at radius 3 is 2.39 bits per heavy atom. The van der Waals surface area contributed by atoms with Gasteiger partial charge in [0.2, 0.25) is 5.91 Å². The van der Waals surface area contributed by atoms with E-state index in [-0.39, 0.29) is 17.4 Å². The fraction of sp³-hybridized carbons (Fsp3) is 0.368. The minimum absolute atomic E-state index is 0.0224. The van der Waals surface area contributed by atoms with Crippen LogP contribution in [0.1, 0.15) is 27.8 Å². The Morgan fingerprint density at radius 1 is 1.18 bits per heavy atom. The molecule has 1 fully saturated rings. The maximum Gasteiger partial charge on any atom is 0.270 e. The first-order valence-corrected chi connectivity index (χ1v) is 9.04. The molecule has 148 valence electrons. The number of Topliss-reactive ketones (excluding diaryl/α,β-unsaturated/α-hetero) is 1. The summed E-state index contributed by atoms with van der Waals surface area (Å²) < 4.78 is 0. The smallest absolute Gasteiger partial charge is 0.270 e. The van der Waals surface area contributed by atoms with Gasteiger partial charge in [-0.05, 0) is 31.2 Å². The first kappa shape index (κ1) is 19.6. The second kappa shape index (κ2) is 8.66. The predicted octanol–water partition coefficient (Wildman–Crippen LogP) is 0.0518. The zero-order valence-electron chi connectivity index (χ0n) is 15.6. The van der Waals surface area contributed by atoms with Gasteiger partial charge in [-0.3, -0.25) is 14.4 Å². The van der Waals surface area contributed by atoms with Crippen molar-refractivity contribution in [2.45, 2.75) is 13.0 Å². The molecule has 0 spiro atoms. The first-order chi connectivity index (χ1) is 13.5. The van der Waals surface area contributed by atoms with Gasteiger partial charge in [-0.2, -0.15) is 0 Å². The van der Waals surface area contributed by atoms with Crippen LogP contribution in [0.5, 0.6) is 0 Å². The lowest BCUT2D eigenvalue weighted by Gasteiger charge is -2.37. The molecule has 1 aromatic carbocycles. The van der Waals surface area contributed by atoms with Crippen molar-refractivity contribution in [3.8, 4) is 0 Å². The number of carbonyl (C=O) groups is 3. The number of hydrogen-bond acceptors (Lipinski definition) is 6. The van der Waals surface area contributed by atoms with Gasteiger partial charge < -0.3 is 25.2 Å². The van der Waals surface area contributed by atoms with Gasteiger partial charge >= 0.3 is 0 Å². The molecular weight excluding hydrogens is 362 g/mol. The van der Waals surface area contributed by atoms with Crippen molar-refractivity contribution in [1.82, 2.24) is 20.2 Å². The minimum Gasteiger partial charge on any atom is -0.394 e. The van der Waals surface area contributed by atoms with E-state index in [9.17, 15) is 19.5 Å². The molecular formula is C19H23N5O4. The number of benzene rings is 1. The highest BCUT2D eigenvalue weighted by Gasteiger charge is 2.28. The Hall–Kier alpha value is -3.20. The third kappa shape index (κ3) is 4.37. The van der Waals surface area contributed by atoms with E-state index >= 15 is 0 Å². The van der Waals surface area contributed by atoms with Crippen LogP contribution in [0.15, 0.2) is 36.8 Å². The molecule has 1 saturated heterocycles. The summed E-state index contributed by atoms with van der Waals surface area (Å²) in [5.41, 5.74) is 1.88. The third-order valence-electron chi connectivity index (χ3n) is 4.76. The quantitative estimate of drug-likeness (QED) is 0.605. The van der Waals surface area contributed by atoms with Gasteiger partial charge in [0.1, 0.15) is 11.7 Å². The molecule has 2 amide bonds. The van der Waals surface area contributed by atoms with Crippen molar-refractivity contribution in [2.75, 3.05) is 37.7 Å². The number of piperazine rings is 1. The molecule has 28 heavy (non-hydrogen) atoms. The molecule has 1 aliphatic heterocycles. The summed E-state index contributed by atoms with van der Waals surface area (Å²) in [5, 5.41) is 12.1. The summed E-state index contributed by atoms with van der Waals surface area (Å²) in [5.74, 6) is -0.787. The highest BCUT2D eigenvalue weighted by molar-refractivity contribution is 5.96. The van der Waals surface area contributed by atoms with Crippen LogP contribution < -0.4 is 10.2 Å². The molecule has 0 saturated carbocycles. The van der Waals surface area contributed by atoms with Gasteiger partial charge in [0.25, 0.3) is 5.91 Å². The molecule has 0 unspecified atom stereocenters. The van der Waals surface area contributed by atoms with Crippen molar-refractivity contribution >= 4 is 23.3 Å². The van der Waals surface area contributed by atoms with Crippen molar-refractivity contribution < 1.29 is 19.5 Å². The second-order valence-corrected chi connectivity index (χ2v) is 6.59. The summed E-state index contributed by atoms with van der Waals surface area (Å²) >= 11 is 0. The molecule has 1 aromatic heterocycles. The van der Waals surface area contributed by atoms with Crippen LogP contribution in [0.2, 0.25) is 0 Å². The zero-order chi connectivity index (χ0) is 20.1. The summed E-state index contributed by atoms with van der Waals surface area (Å²) in [7, 11) is 0. The Kier molecular flexibility index (Phi) is 6.05. The lowest BCUT2D eigenvalue weighted by Crippen LogP contribution is -2.56. The Morgan fingerprint density at radius 2 is 1.86 bits per heavy atom. The van der Waals surface area contributed by atoms with Gasteiger partial charge in [0.15, 0.2) is 5.78 Å². The average Bonchev–Trinajstić information content (AvgIpc) is 3.26. The van der Waals surface area contributed by atoms with E-state index in [1.807, 2.05) is 12.1 Å². The van der Waals surface area contributed by atoms with Gasteiger partial charge in [-0.15, -0.1) is 0 Å². The van der Waals surface area contributed by atoms with Crippen LogP contribution in [0.4, 0.5) is 5.69 Å². The highest BCUT2D eigenvalue weighted by Crippen LogP contribution is 2.18. The third-order valence-corrected chi connectivity index (χ3v) is 4.76. The van der Waals surface area contributed by atoms with Crippen LogP contribution in [0, 0.1) is 0 Å². The number of aromatic amines is 1. The molecule has 0 aliphatic carbocycles. The normalized spacial score (nSPS) is 15.2. The fourth-order valence-electron chi connectivity index (χ4n) is 3.11. The van der Waals surface area contributed by atoms with Crippen molar-refractivity contribution in [3.05, 3.63) is 48.0 Å². The molecule has 0 bridgehead atoms. The number of nitrogens with zero attached hydrogens (tertiary/aromatic N) is 3. The summed E-state index contributed by atoms with van der Waals surface area (Å²) in [6.45, 7) is 3.25. The van der Waals surface area contributed by atoms with Crippen LogP contribution >= 0.6 is 0 Å². The molecule has 2 heterocycles. The maximum atomic E-state index is 12.7. The molecule has 9 nitrogen and oxygen atoms in total. The molecule has 3 N–H and O–H groups in total. The Balaban J connectivity index is 1.56. The predicted molar refractivity (Wildman–Crippen MR) is 102 cm³/mol. The molecule has 2 aromatic rings. The van der Waals surface area contributed by atoms with E-state index in [1.54, 1.807) is 17.0 Å². The van der Waals surface area contributed by atoms with Crippen molar-refractivity contribution in [1.29, 1.82) is 0 Å². The van der Waals surface area contributed by atoms with E-state index in [0.29, 0.717) is 31.7 Å². The number of hydrogen-bond donors (Lipinski definition) is 3. The number of aliphatic hydroxyl groups is 1. The summed E-state index contributed by atoms with van der Waals surface area (Å²) in [4.78, 5) is 46.3. The van der Waals surface area contributed by atoms with Gasteiger partial charge in [-0.1, -0.05) is 0 Å². The molecule has 1 aliphatic rings. The van der Waals surface area contributed by atoms with E-state index in [0.717, 1.165) is 5.69 Å². The van der Waals surface area contributed by atoms with E-state index in [4.69, 9.17) is 0 Å². The van der Waals surface area contributed by atoms with Crippen LogP contribution in [0.25, 0.3) is 0 Å². The molecule has 0 radical (unpaired) electrons. The summed E-state index contributed by atoms with van der Waals surface area (Å²) in [6.07, 6.45) is 2.72. The van der Waals surface area contributed by atoms with E-state index in [2.05, 4.69) is 20.2 Å². The fourth-order valence-corrected chi connectivity index (χ4v) is 3.11. The highest BCUT2D eigenvalue weighted by atomic mass is 16.3. The van der Waals surface area contributed by atoms with Crippen LogP contribution in [-0.2, 0) is 4.79 Å². The number of ketones is 1. The maximum absolute atomic E-state index is 12.7. The lowest BCUT2D eigenvalue weighted by molar-refractivity contribution is -0.134. The molecule has 1 atom stereocenters. The minimum atomic E-state index is -1.00. The molecule has 9 heteroatoms. The number of amides is 2. The number of H-pyrrole nitrogens is 1. The number of imidazole rings is 1. The molecule has 3 rings (SSSR count). The zero-order valence-corrected chi connectivity index (χ0v) is 15.6. The topological polar surface area (TPSA) is 119 Å². The average molecular weight is 385 g/mol. The number of nitrogens with one attached hydrogen (secondary N) is 2. The Labute approximate surface area is 162 Å². The van der Waals surface area contributed by atoms with Gasteiger partial charge in [-0.25, -0.2) is 4.98 Å². The number of carbonyl (C=O) groups excluding carboxylic acids is 3. The van der Waals surface area contributed by atoms with E-state index in [1.165, 1.54) is 19.4 Å². The monoisotopic (exact) mass is 385 g/mol. The van der Waals surface area contributed by atoms with Gasteiger partial charge in [0, 0.05) is 37.4 Å². The largest absolute Gasteiger partial charge is 0.394 e. The summed E-state index contributed by atoms with van der Waals surface area (Å²) in [6, 6.07) is 6.38. The van der Waals surface area contributed by atoms with Crippen LogP contribution in [-0.4, -0.2) is 76.4 Å². The first-order valence-electron chi connectivity index (χ1n) is 9.04. The number of anilines is 1. The number of aromatic nitrogens is 2. The van der Waals surface area contributed by atoms with Crippen LogP contribution in [0.3, 0.4) is 0 Å². The number of rotatable bonds is 6. The number of aliphatic hydroxyl groups excluding tert-OH is 1. The SMILES string of the molecule is CC(=O)c1ccc(N2CCN(C(=O)[C@H](CO)NC(=O)c3cnc[nH]3)CC2)cc1.